The predicted octanol–water partition coefficient (Wildman–Crippen LogP) is 5.28. The van der Waals surface area contributed by atoms with Crippen LogP contribution >= 0.6 is 23.2 Å². The van der Waals surface area contributed by atoms with E-state index in [2.05, 4.69) is 15.8 Å². The van der Waals surface area contributed by atoms with E-state index in [4.69, 9.17) is 27.9 Å². The van der Waals surface area contributed by atoms with Gasteiger partial charge in [-0.2, -0.15) is 5.10 Å². The normalized spacial score (nSPS) is 10.8. The van der Waals surface area contributed by atoms with Crippen LogP contribution in [-0.4, -0.2) is 18.0 Å². The van der Waals surface area contributed by atoms with Gasteiger partial charge in [0.1, 0.15) is 12.4 Å². The van der Waals surface area contributed by atoms with Gasteiger partial charge in [0.2, 0.25) is 0 Å². The number of anilines is 1. The van der Waals surface area contributed by atoms with Crippen LogP contribution in [0, 0.1) is 13.8 Å². The van der Waals surface area contributed by atoms with Crippen LogP contribution in [0.4, 0.5) is 5.69 Å². The molecule has 0 saturated carbocycles. The molecule has 2 N–H and O–H groups in total. The van der Waals surface area contributed by atoms with E-state index in [9.17, 15) is 9.59 Å². The summed E-state index contributed by atoms with van der Waals surface area (Å²) < 4.78 is 5.72. The third-order valence-corrected chi connectivity index (χ3v) is 5.31. The number of carbonyl (C=O) groups is 2. The van der Waals surface area contributed by atoms with Crippen LogP contribution in [0.2, 0.25) is 10.0 Å². The van der Waals surface area contributed by atoms with Crippen molar-refractivity contribution in [2.45, 2.75) is 20.5 Å². The summed E-state index contributed by atoms with van der Waals surface area (Å²) in [4.78, 5) is 24.1. The lowest BCUT2D eigenvalue weighted by Crippen LogP contribution is -2.32. The first-order chi connectivity index (χ1) is 15.3. The van der Waals surface area contributed by atoms with Crippen molar-refractivity contribution >= 4 is 46.9 Å². The molecule has 0 spiro atoms. The first kappa shape index (κ1) is 23.3. The lowest BCUT2D eigenvalue weighted by atomic mass is 10.1. The number of hydrogen-bond donors (Lipinski definition) is 2. The second-order valence-corrected chi connectivity index (χ2v) is 7.84. The van der Waals surface area contributed by atoms with Crippen molar-refractivity contribution in [2.24, 2.45) is 5.10 Å². The molecule has 0 unspecified atom stereocenters. The average Bonchev–Trinajstić information content (AvgIpc) is 2.78. The second-order valence-electron chi connectivity index (χ2n) is 7.03. The summed E-state index contributed by atoms with van der Waals surface area (Å²) in [5.74, 6) is -0.985. The Morgan fingerprint density at radius 1 is 0.938 bits per heavy atom. The molecular weight excluding hydrogens is 449 g/mol. The Bertz CT molecular complexity index is 1140. The van der Waals surface area contributed by atoms with Crippen molar-refractivity contribution in [3.05, 3.63) is 93.0 Å². The van der Waals surface area contributed by atoms with Crippen molar-refractivity contribution in [3.8, 4) is 5.75 Å². The maximum absolute atomic E-state index is 12.1. The van der Waals surface area contributed by atoms with Crippen LogP contribution in [0.25, 0.3) is 0 Å². The maximum Gasteiger partial charge on any atom is 0.329 e. The smallest absolute Gasteiger partial charge is 0.329 e. The van der Waals surface area contributed by atoms with Gasteiger partial charge in [-0.3, -0.25) is 9.59 Å². The predicted molar refractivity (Wildman–Crippen MR) is 128 cm³/mol. The number of nitrogens with zero attached hydrogens (tertiary/aromatic N) is 1. The van der Waals surface area contributed by atoms with E-state index < -0.39 is 11.8 Å². The molecule has 0 aliphatic heterocycles. The monoisotopic (exact) mass is 469 g/mol. The minimum atomic E-state index is -0.856. The zero-order chi connectivity index (χ0) is 23.1. The quantitative estimate of drug-likeness (QED) is 0.292. The third kappa shape index (κ3) is 6.33. The van der Waals surface area contributed by atoms with E-state index in [0.717, 1.165) is 22.3 Å². The van der Waals surface area contributed by atoms with Crippen LogP contribution in [0.15, 0.2) is 65.8 Å². The number of rotatable bonds is 6. The van der Waals surface area contributed by atoms with Gasteiger partial charge >= 0.3 is 11.8 Å². The van der Waals surface area contributed by atoms with Gasteiger partial charge in [0.25, 0.3) is 0 Å². The molecule has 32 heavy (non-hydrogen) atoms. The second kappa shape index (κ2) is 10.8. The molecule has 2 amide bonds. The number of para-hydroxylation sites is 1. The Kier molecular flexibility index (Phi) is 7.87. The standard InChI is InChI=1S/C24H21Cl2N3O3/c1-15-4-3-5-16(2)22(15)28-23(30)24(31)29-27-13-17-6-9-19(10-7-17)32-14-18-8-11-20(25)21(26)12-18/h3-13H,14H2,1-2H3,(H,28,30)(H,29,31)/b27-13-. The molecule has 8 heteroatoms. The first-order valence-corrected chi connectivity index (χ1v) is 10.5. The number of hydrogen-bond acceptors (Lipinski definition) is 4. The van der Waals surface area contributed by atoms with Crippen molar-refractivity contribution in [2.75, 3.05) is 5.32 Å². The van der Waals surface area contributed by atoms with Gasteiger partial charge in [-0.05, 0) is 72.5 Å². The topological polar surface area (TPSA) is 79.8 Å². The molecule has 0 fully saturated rings. The number of aryl methyl sites for hydroxylation is 2. The highest BCUT2D eigenvalue weighted by atomic mass is 35.5. The zero-order valence-electron chi connectivity index (χ0n) is 17.5. The maximum atomic E-state index is 12.1. The summed E-state index contributed by atoms with van der Waals surface area (Å²) in [5, 5.41) is 7.42. The van der Waals surface area contributed by atoms with Crippen LogP contribution in [-0.2, 0) is 16.2 Å². The minimum Gasteiger partial charge on any atom is -0.489 e. The van der Waals surface area contributed by atoms with Crippen molar-refractivity contribution in [1.29, 1.82) is 0 Å². The Morgan fingerprint density at radius 3 is 2.28 bits per heavy atom. The molecule has 164 valence electrons. The summed E-state index contributed by atoms with van der Waals surface area (Å²) in [7, 11) is 0. The number of carbonyl (C=O) groups excluding carboxylic acids is 2. The summed E-state index contributed by atoms with van der Waals surface area (Å²) in [5.41, 5.74) is 6.21. The Labute approximate surface area is 196 Å². The molecule has 0 bridgehead atoms. The Hall–Kier alpha value is -3.35. The lowest BCUT2D eigenvalue weighted by Gasteiger charge is -2.10. The number of hydrazone groups is 1. The minimum absolute atomic E-state index is 0.343. The zero-order valence-corrected chi connectivity index (χ0v) is 19.0. The fourth-order valence-corrected chi connectivity index (χ4v) is 3.17. The number of ether oxygens (including phenoxy) is 1. The molecule has 3 aromatic carbocycles. The van der Waals surface area contributed by atoms with Gasteiger partial charge in [0.15, 0.2) is 0 Å². The molecule has 3 rings (SSSR count). The van der Waals surface area contributed by atoms with Crippen LogP contribution in [0.3, 0.4) is 0 Å². The SMILES string of the molecule is Cc1cccc(C)c1NC(=O)C(=O)N/N=C\c1ccc(OCc2ccc(Cl)c(Cl)c2)cc1. The molecule has 3 aromatic rings. The molecule has 0 radical (unpaired) electrons. The molecule has 0 aliphatic rings. The van der Waals surface area contributed by atoms with Crippen molar-refractivity contribution in [3.63, 3.8) is 0 Å². The summed E-state index contributed by atoms with van der Waals surface area (Å²) in [6.07, 6.45) is 1.44. The van der Waals surface area contributed by atoms with Crippen LogP contribution in [0.1, 0.15) is 22.3 Å². The Balaban J connectivity index is 1.50. The average molecular weight is 470 g/mol. The number of benzene rings is 3. The van der Waals surface area contributed by atoms with Crippen molar-refractivity contribution in [1.82, 2.24) is 5.43 Å². The van der Waals surface area contributed by atoms with E-state index in [1.54, 1.807) is 36.4 Å². The van der Waals surface area contributed by atoms with Crippen LogP contribution in [0.5, 0.6) is 5.75 Å². The molecular formula is C24H21Cl2N3O3. The van der Waals surface area contributed by atoms with Crippen molar-refractivity contribution < 1.29 is 14.3 Å². The van der Waals surface area contributed by atoms with Gasteiger partial charge in [0.05, 0.1) is 16.3 Å². The van der Waals surface area contributed by atoms with E-state index in [-0.39, 0.29) is 0 Å². The number of halogens is 2. The molecule has 0 atom stereocenters. The van der Waals surface area contributed by atoms with E-state index in [1.165, 1.54) is 6.21 Å². The summed E-state index contributed by atoms with van der Waals surface area (Å²) in [6, 6.07) is 18.0. The Morgan fingerprint density at radius 2 is 1.62 bits per heavy atom. The van der Waals surface area contributed by atoms with Gasteiger partial charge < -0.3 is 10.1 Å². The van der Waals surface area contributed by atoms with Gasteiger partial charge in [-0.25, -0.2) is 5.43 Å². The number of nitrogens with one attached hydrogen (secondary N) is 2. The molecule has 0 heterocycles. The van der Waals surface area contributed by atoms with E-state index >= 15 is 0 Å². The summed E-state index contributed by atoms with van der Waals surface area (Å²) >= 11 is 11.9. The first-order valence-electron chi connectivity index (χ1n) is 9.71. The lowest BCUT2D eigenvalue weighted by molar-refractivity contribution is -0.136. The largest absolute Gasteiger partial charge is 0.489 e. The van der Waals surface area contributed by atoms with Gasteiger partial charge in [-0.15, -0.1) is 0 Å². The summed E-state index contributed by atoms with van der Waals surface area (Å²) in [6.45, 7) is 4.06. The number of amides is 2. The molecule has 0 saturated heterocycles. The molecule has 6 nitrogen and oxygen atoms in total. The fraction of sp³-hybridized carbons (Fsp3) is 0.125. The highest BCUT2D eigenvalue weighted by Gasteiger charge is 2.15. The van der Waals surface area contributed by atoms with Gasteiger partial charge in [0, 0.05) is 5.69 Å². The van der Waals surface area contributed by atoms with Crippen LogP contribution < -0.4 is 15.5 Å². The van der Waals surface area contributed by atoms with Gasteiger partial charge in [-0.1, -0.05) is 47.5 Å². The highest BCUT2D eigenvalue weighted by Crippen LogP contribution is 2.23. The molecule has 0 aromatic heterocycles. The fourth-order valence-electron chi connectivity index (χ4n) is 2.84. The third-order valence-electron chi connectivity index (χ3n) is 4.58. The molecule has 0 aliphatic carbocycles. The van der Waals surface area contributed by atoms with E-state index in [1.807, 2.05) is 38.1 Å². The van der Waals surface area contributed by atoms with E-state index in [0.29, 0.717) is 28.1 Å². The highest BCUT2D eigenvalue weighted by molar-refractivity contribution is 6.42.